The van der Waals surface area contributed by atoms with Gasteiger partial charge in [-0.25, -0.2) is 8.42 Å². The maximum absolute atomic E-state index is 12.0. The molecule has 3 rings (SSSR count). The van der Waals surface area contributed by atoms with Crippen LogP contribution in [0, 0.1) is 11.3 Å². The van der Waals surface area contributed by atoms with Gasteiger partial charge in [0.05, 0.1) is 23.1 Å². The van der Waals surface area contributed by atoms with Gasteiger partial charge in [0.25, 0.3) is 0 Å². The summed E-state index contributed by atoms with van der Waals surface area (Å²) in [6.07, 6.45) is 0.670. The van der Waals surface area contributed by atoms with Crippen LogP contribution < -0.4 is 9.62 Å². The zero-order valence-corrected chi connectivity index (χ0v) is 15.3. The van der Waals surface area contributed by atoms with Crippen LogP contribution in [0.3, 0.4) is 0 Å². The Labute approximate surface area is 150 Å². The van der Waals surface area contributed by atoms with E-state index in [1.165, 1.54) is 4.31 Å². The normalized spacial score (nSPS) is 15.9. The van der Waals surface area contributed by atoms with Gasteiger partial charge in [-0.15, -0.1) is 0 Å². The minimum atomic E-state index is -3.16. The van der Waals surface area contributed by atoms with Crippen LogP contribution in [0.4, 0.5) is 11.4 Å². The minimum absolute atomic E-state index is 0.216. The highest BCUT2D eigenvalue weighted by Gasteiger charge is 2.28. The molecule has 0 atom stereocenters. The van der Waals surface area contributed by atoms with Crippen molar-refractivity contribution in [3.05, 3.63) is 58.1 Å². The third kappa shape index (κ3) is 3.55. The van der Waals surface area contributed by atoms with Crippen LogP contribution in [0.5, 0.6) is 0 Å². The summed E-state index contributed by atoms with van der Waals surface area (Å²) in [7, 11) is -3.16. The number of anilines is 2. The van der Waals surface area contributed by atoms with Gasteiger partial charge >= 0.3 is 0 Å². The molecule has 0 amide bonds. The molecular weight excluding hydrogens is 390 g/mol. The Hall–Kier alpha value is -2.04. The van der Waals surface area contributed by atoms with E-state index in [2.05, 4.69) is 27.3 Å². The van der Waals surface area contributed by atoms with Gasteiger partial charge in [0.15, 0.2) is 0 Å². The topological polar surface area (TPSA) is 73.2 Å². The van der Waals surface area contributed by atoms with E-state index in [0.717, 1.165) is 15.7 Å². The van der Waals surface area contributed by atoms with Gasteiger partial charge in [-0.1, -0.05) is 12.1 Å². The first-order valence-electron chi connectivity index (χ1n) is 7.52. The third-order valence-corrected chi connectivity index (χ3v) is 6.40. The molecular formula is C17H16BrN3O2S. The Kier molecular flexibility index (Phi) is 4.78. The van der Waals surface area contributed by atoms with E-state index < -0.39 is 10.0 Å². The minimum Gasteiger partial charge on any atom is -0.380 e. The van der Waals surface area contributed by atoms with E-state index in [1.807, 2.05) is 30.3 Å². The highest BCUT2D eigenvalue weighted by molar-refractivity contribution is 9.10. The zero-order valence-electron chi connectivity index (χ0n) is 12.9. The van der Waals surface area contributed by atoms with E-state index in [-0.39, 0.29) is 5.75 Å². The fourth-order valence-corrected chi connectivity index (χ4v) is 4.75. The Morgan fingerprint density at radius 3 is 2.75 bits per heavy atom. The van der Waals surface area contributed by atoms with Crippen molar-refractivity contribution in [3.8, 4) is 6.07 Å². The van der Waals surface area contributed by atoms with E-state index >= 15 is 0 Å². The number of hydrogen-bond acceptors (Lipinski definition) is 4. The molecule has 0 bridgehead atoms. The van der Waals surface area contributed by atoms with Gasteiger partial charge in [-0.05, 0) is 58.2 Å². The summed E-state index contributed by atoms with van der Waals surface area (Å²) in [4.78, 5) is 0. The van der Waals surface area contributed by atoms with Crippen LogP contribution in [0.2, 0.25) is 0 Å². The second-order valence-corrected chi connectivity index (χ2v) is 8.44. The van der Waals surface area contributed by atoms with Crippen molar-refractivity contribution in [2.24, 2.45) is 0 Å². The van der Waals surface area contributed by atoms with Crippen molar-refractivity contribution in [2.75, 3.05) is 21.9 Å². The molecule has 2 aromatic rings. The van der Waals surface area contributed by atoms with E-state index in [9.17, 15) is 8.42 Å². The smallest absolute Gasteiger partial charge is 0.235 e. The fraction of sp³-hybridized carbons (Fsp3) is 0.235. The number of halogens is 1. The Morgan fingerprint density at radius 1 is 1.25 bits per heavy atom. The highest BCUT2D eigenvalue weighted by atomic mass is 79.9. The van der Waals surface area contributed by atoms with Gasteiger partial charge in [-0.2, -0.15) is 5.26 Å². The average molecular weight is 406 g/mol. The quantitative estimate of drug-likeness (QED) is 0.844. The molecule has 0 unspecified atom stereocenters. The maximum Gasteiger partial charge on any atom is 0.235 e. The van der Waals surface area contributed by atoms with Crippen molar-refractivity contribution in [2.45, 2.75) is 13.0 Å². The molecule has 1 fully saturated rings. The largest absolute Gasteiger partial charge is 0.380 e. The second-order valence-electron chi connectivity index (χ2n) is 5.57. The van der Waals surface area contributed by atoms with E-state index in [1.54, 1.807) is 12.1 Å². The first-order valence-corrected chi connectivity index (χ1v) is 9.93. The second kappa shape index (κ2) is 6.83. The molecule has 0 radical (unpaired) electrons. The summed E-state index contributed by atoms with van der Waals surface area (Å²) in [6, 6.07) is 15.0. The van der Waals surface area contributed by atoms with Crippen molar-refractivity contribution in [1.29, 1.82) is 5.26 Å². The molecule has 24 heavy (non-hydrogen) atoms. The predicted molar refractivity (Wildman–Crippen MR) is 98.4 cm³/mol. The highest BCUT2D eigenvalue weighted by Crippen LogP contribution is 2.26. The van der Waals surface area contributed by atoms with Crippen LogP contribution in [0.15, 0.2) is 46.9 Å². The lowest BCUT2D eigenvalue weighted by atomic mass is 10.2. The molecule has 1 aliphatic rings. The molecule has 1 aliphatic heterocycles. The lowest BCUT2D eigenvalue weighted by Crippen LogP contribution is -2.25. The van der Waals surface area contributed by atoms with Gasteiger partial charge < -0.3 is 5.32 Å². The number of sulfonamides is 1. The summed E-state index contributed by atoms with van der Waals surface area (Å²) in [5.41, 5.74) is 3.18. The van der Waals surface area contributed by atoms with E-state index in [4.69, 9.17) is 5.26 Å². The van der Waals surface area contributed by atoms with Gasteiger partial charge in [-0.3, -0.25) is 4.31 Å². The van der Waals surface area contributed by atoms with Crippen LogP contribution >= 0.6 is 15.9 Å². The number of hydrogen-bond donors (Lipinski definition) is 1. The molecule has 5 nitrogen and oxygen atoms in total. The molecule has 0 spiro atoms. The van der Waals surface area contributed by atoms with Gasteiger partial charge in [0.2, 0.25) is 10.0 Å². The molecule has 0 aliphatic carbocycles. The summed E-state index contributed by atoms with van der Waals surface area (Å²) in [6.45, 7) is 1.10. The van der Waals surface area contributed by atoms with Gasteiger partial charge in [0, 0.05) is 23.2 Å². The monoisotopic (exact) mass is 405 g/mol. The van der Waals surface area contributed by atoms with Crippen LogP contribution in [-0.2, 0) is 16.6 Å². The first kappa shape index (κ1) is 16.8. The molecule has 7 heteroatoms. The van der Waals surface area contributed by atoms with Crippen molar-refractivity contribution in [3.63, 3.8) is 0 Å². The number of nitrogens with one attached hydrogen (secondary N) is 1. The van der Waals surface area contributed by atoms with Crippen molar-refractivity contribution >= 4 is 37.3 Å². The summed E-state index contributed by atoms with van der Waals surface area (Å²) in [5, 5.41) is 12.2. The average Bonchev–Trinajstić information content (AvgIpc) is 2.93. The SMILES string of the molecule is N#Cc1ccc(NCc2cccc(N3CCCS3(=O)=O)c2)c(Br)c1. The van der Waals surface area contributed by atoms with Crippen LogP contribution in [0.25, 0.3) is 0 Å². The maximum atomic E-state index is 12.0. The summed E-state index contributed by atoms with van der Waals surface area (Å²) in [5.74, 6) is 0.216. The number of nitrogens with zero attached hydrogens (tertiary/aromatic N) is 2. The first-order chi connectivity index (χ1) is 11.5. The molecule has 124 valence electrons. The lowest BCUT2D eigenvalue weighted by Gasteiger charge is -2.18. The van der Waals surface area contributed by atoms with E-state index in [0.29, 0.717) is 30.8 Å². The predicted octanol–water partition coefficient (Wildman–Crippen LogP) is 3.47. The lowest BCUT2D eigenvalue weighted by molar-refractivity contribution is 0.599. The van der Waals surface area contributed by atoms with Gasteiger partial charge in [0.1, 0.15) is 0 Å². The standard InChI is InChI=1S/C17H16BrN3O2S/c18-16-10-13(11-19)5-6-17(16)20-12-14-3-1-4-15(9-14)21-7-2-8-24(21,22)23/h1,3-6,9-10,20H,2,7-8,12H2. The molecule has 0 aromatic heterocycles. The number of rotatable bonds is 4. The molecule has 1 saturated heterocycles. The Balaban J connectivity index is 1.75. The Bertz CT molecular complexity index is 906. The third-order valence-electron chi connectivity index (χ3n) is 3.88. The molecule has 0 saturated carbocycles. The van der Waals surface area contributed by atoms with Crippen LogP contribution in [-0.4, -0.2) is 20.7 Å². The van der Waals surface area contributed by atoms with Crippen LogP contribution in [0.1, 0.15) is 17.5 Å². The van der Waals surface area contributed by atoms with Crippen molar-refractivity contribution < 1.29 is 8.42 Å². The molecule has 1 heterocycles. The zero-order chi connectivity index (χ0) is 17.2. The number of nitriles is 1. The Morgan fingerprint density at radius 2 is 2.08 bits per heavy atom. The molecule has 2 aromatic carbocycles. The fourth-order valence-electron chi connectivity index (χ4n) is 2.68. The molecule has 1 N–H and O–H groups in total. The van der Waals surface area contributed by atoms with Crippen molar-refractivity contribution in [1.82, 2.24) is 0 Å². The summed E-state index contributed by atoms with van der Waals surface area (Å²) < 4.78 is 26.4. The summed E-state index contributed by atoms with van der Waals surface area (Å²) >= 11 is 3.44. The number of benzene rings is 2.